The van der Waals surface area contributed by atoms with E-state index in [0.29, 0.717) is 0 Å². The number of rotatable bonds is 1. The Balaban J connectivity index is 3.82. The van der Waals surface area contributed by atoms with E-state index in [2.05, 4.69) is 11.5 Å². The lowest BCUT2D eigenvalue weighted by atomic mass is 10.6. The van der Waals surface area contributed by atoms with Gasteiger partial charge in [0, 0.05) is 0 Å². The molecule has 0 saturated carbocycles. The Morgan fingerprint density at radius 2 is 1.88 bits per heavy atom. The Hall–Kier alpha value is -0.710. The van der Waals surface area contributed by atoms with Crippen LogP contribution in [0.3, 0.4) is 0 Å². The van der Waals surface area contributed by atoms with E-state index in [1.807, 2.05) is 0 Å². The normalized spacial score (nSPS) is 11.0. The van der Waals surface area contributed by atoms with Gasteiger partial charge >= 0.3 is 6.18 Å². The summed E-state index contributed by atoms with van der Waals surface area (Å²) < 4.78 is 33.2. The van der Waals surface area contributed by atoms with E-state index in [9.17, 15) is 13.2 Å². The molecule has 0 radical (unpaired) electrons. The molecule has 48 valence electrons. The molecular weight excluding hydrogens is 125 g/mol. The van der Waals surface area contributed by atoms with Crippen molar-refractivity contribution in [3.8, 4) is 0 Å². The highest BCUT2D eigenvalue weighted by atomic mass is 19.4. The lowest BCUT2D eigenvalue weighted by Gasteiger charge is -2.03. The molecule has 0 aromatic heterocycles. The zero-order chi connectivity index (χ0) is 6.78. The van der Waals surface area contributed by atoms with Crippen molar-refractivity contribution in [2.24, 2.45) is 0 Å². The van der Waals surface area contributed by atoms with Crippen LogP contribution in [-0.4, -0.2) is 11.4 Å². The first-order valence-corrected chi connectivity index (χ1v) is 1.56. The molecule has 0 aromatic rings. The Bertz CT molecular complexity index is 95.2. The van der Waals surface area contributed by atoms with Crippen molar-refractivity contribution in [1.82, 2.24) is 0 Å². The average molecular weight is 128 g/mol. The molecule has 0 aromatic carbocycles. The van der Waals surface area contributed by atoms with Crippen LogP contribution < -0.4 is 0 Å². The standard InChI is InChI=1S/C3H3F3O2/c1-2(8-7)3(4,5)6/h7H,1H2. The minimum Gasteiger partial charge on any atom is -0.336 e. The van der Waals surface area contributed by atoms with E-state index < -0.39 is 11.9 Å². The van der Waals surface area contributed by atoms with Crippen LogP contribution in [0.4, 0.5) is 13.2 Å². The quantitative estimate of drug-likeness (QED) is 0.330. The Kier molecular flexibility index (Phi) is 1.86. The molecule has 0 rings (SSSR count). The third-order valence-corrected chi connectivity index (χ3v) is 0.426. The fourth-order valence-corrected chi connectivity index (χ4v) is 0.0518. The van der Waals surface area contributed by atoms with Crippen LogP contribution in [0.5, 0.6) is 0 Å². The zero-order valence-electron chi connectivity index (χ0n) is 3.70. The summed E-state index contributed by atoms with van der Waals surface area (Å²) in [5.41, 5.74) is 0. The van der Waals surface area contributed by atoms with E-state index in [1.54, 1.807) is 0 Å². The van der Waals surface area contributed by atoms with Crippen LogP contribution in [0.25, 0.3) is 0 Å². The first-order valence-electron chi connectivity index (χ1n) is 1.56. The lowest BCUT2D eigenvalue weighted by molar-refractivity contribution is -0.258. The van der Waals surface area contributed by atoms with Gasteiger partial charge < -0.3 is 4.89 Å². The topological polar surface area (TPSA) is 29.5 Å². The molecule has 0 heterocycles. The predicted octanol–water partition coefficient (Wildman–Crippen LogP) is 1.55. The molecule has 8 heavy (non-hydrogen) atoms. The largest absolute Gasteiger partial charge is 0.452 e. The number of halogens is 3. The summed E-state index contributed by atoms with van der Waals surface area (Å²) in [7, 11) is 0. The van der Waals surface area contributed by atoms with Gasteiger partial charge in [0.1, 0.15) is 0 Å². The number of allylic oxidation sites excluding steroid dienone is 1. The highest BCUT2D eigenvalue weighted by Gasteiger charge is 2.34. The third kappa shape index (κ3) is 1.83. The van der Waals surface area contributed by atoms with Crippen LogP contribution in [0.2, 0.25) is 0 Å². The van der Waals surface area contributed by atoms with E-state index in [0.717, 1.165) is 0 Å². The Morgan fingerprint density at radius 3 is 1.88 bits per heavy atom. The van der Waals surface area contributed by atoms with Crippen molar-refractivity contribution in [3.05, 3.63) is 12.3 Å². The van der Waals surface area contributed by atoms with Gasteiger partial charge in [-0.3, -0.25) is 0 Å². The minimum atomic E-state index is -4.66. The number of hydrogen-bond donors (Lipinski definition) is 1. The van der Waals surface area contributed by atoms with Gasteiger partial charge in [-0.25, -0.2) is 5.26 Å². The maximum atomic E-state index is 11.1. The van der Waals surface area contributed by atoms with Crippen molar-refractivity contribution in [1.29, 1.82) is 0 Å². The third-order valence-electron chi connectivity index (χ3n) is 0.426. The molecule has 0 fully saturated rings. The summed E-state index contributed by atoms with van der Waals surface area (Å²) in [6.07, 6.45) is -4.66. The summed E-state index contributed by atoms with van der Waals surface area (Å²) in [6.45, 7) is 2.35. The molecule has 0 aliphatic heterocycles. The van der Waals surface area contributed by atoms with Gasteiger partial charge in [0.15, 0.2) is 0 Å². The Labute approximate surface area is 43.1 Å². The van der Waals surface area contributed by atoms with Crippen LogP contribution in [0, 0.1) is 0 Å². The van der Waals surface area contributed by atoms with Crippen LogP contribution in [0.1, 0.15) is 0 Å². The molecule has 0 aliphatic carbocycles. The summed E-state index contributed by atoms with van der Waals surface area (Å²) >= 11 is 0. The second kappa shape index (κ2) is 2.04. The van der Waals surface area contributed by atoms with Crippen molar-refractivity contribution < 1.29 is 23.3 Å². The molecule has 0 unspecified atom stereocenters. The molecule has 0 amide bonds. The summed E-state index contributed by atoms with van der Waals surface area (Å²) in [6, 6.07) is 0. The maximum Gasteiger partial charge on any atom is 0.452 e. The smallest absolute Gasteiger partial charge is 0.336 e. The molecule has 0 bridgehead atoms. The average Bonchev–Trinajstić information content (AvgIpc) is 1.62. The fourth-order valence-electron chi connectivity index (χ4n) is 0.0518. The highest BCUT2D eigenvalue weighted by molar-refractivity contribution is 4.89. The van der Waals surface area contributed by atoms with Crippen LogP contribution in [0.15, 0.2) is 12.3 Å². The molecule has 0 atom stereocenters. The van der Waals surface area contributed by atoms with Crippen molar-refractivity contribution >= 4 is 0 Å². The van der Waals surface area contributed by atoms with Crippen LogP contribution in [-0.2, 0) is 4.89 Å². The first-order chi connectivity index (χ1) is 3.48. The van der Waals surface area contributed by atoms with Crippen molar-refractivity contribution in [2.75, 3.05) is 0 Å². The summed E-state index contributed by atoms with van der Waals surface area (Å²) in [4.78, 5) is 2.80. The lowest BCUT2D eigenvalue weighted by Crippen LogP contribution is -2.11. The van der Waals surface area contributed by atoms with Gasteiger partial charge in [-0.15, -0.1) is 0 Å². The van der Waals surface area contributed by atoms with E-state index in [-0.39, 0.29) is 0 Å². The van der Waals surface area contributed by atoms with Crippen molar-refractivity contribution in [2.45, 2.75) is 6.18 Å². The van der Waals surface area contributed by atoms with Gasteiger partial charge in [-0.2, -0.15) is 13.2 Å². The maximum absolute atomic E-state index is 11.1. The monoisotopic (exact) mass is 128 g/mol. The molecule has 5 heteroatoms. The molecule has 1 N–H and O–H groups in total. The highest BCUT2D eigenvalue weighted by Crippen LogP contribution is 2.23. The van der Waals surface area contributed by atoms with Crippen LogP contribution >= 0.6 is 0 Å². The minimum absolute atomic E-state index is 1.61. The van der Waals surface area contributed by atoms with E-state index in [1.165, 1.54) is 0 Å². The summed E-state index contributed by atoms with van der Waals surface area (Å²) in [5, 5.41) is 7.35. The SMILES string of the molecule is C=C(OO)C(F)(F)F. The number of hydrogen-bond acceptors (Lipinski definition) is 2. The van der Waals surface area contributed by atoms with Gasteiger partial charge in [0.05, 0.1) is 0 Å². The van der Waals surface area contributed by atoms with Gasteiger partial charge in [-0.05, 0) is 6.58 Å². The van der Waals surface area contributed by atoms with E-state index >= 15 is 0 Å². The van der Waals surface area contributed by atoms with Gasteiger partial charge in [0.2, 0.25) is 5.76 Å². The first kappa shape index (κ1) is 7.29. The van der Waals surface area contributed by atoms with E-state index in [4.69, 9.17) is 5.26 Å². The Morgan fingerprint density at radius 1 is 1.50 bits per heavy atom. The van der Waals surface area contributed by atoms with Gasteiger partial charge in [-0.1, -0.05) is 0 Å². The zero-order valence-corrected chi connectivity index (χ0v) is 3.70. The second-order valence-electron chi connectivity index (χ2n) is 1.01. The second-order valence-corrected chi connectivity index (χ2v) is 1.01. The fraction of sp³-hybridized carbons (Fsp3) is 0.333. The molecule has 0 saturated heterocycles. The van der Waals surface area contributed by atoms with Gasteiger partial charge in [0.25, 0.3) is 0 Å². The summed E-state index contributed by atoms with van der Waals surface area (Å²) in [5.74, 6) is -1.61. The molecule has 0 aliphatic rings. The molecular formula is C3H3F3O2. The van der Waals surface area contributed by atoms with Crippen molar-refractivity contribution in [3.63, 3.8) is 0 Å². The predicted molar refractivity (Wildman–Crippen MR) is 18.9 cm³/mol. The molecule has 2 nitrogen and oxygen atoms in total. The number of alkyl halides is 3. The molecule has 0 spiro atoms.